The Hall–Kier alpha value is -2.12. The zero-order valence-electron chi connectivity index (χ0n) is 16.9. The SMILES string of the molecule is Cc1nc(C(=O)N2CCN(C(=O)CCC(C)C)CC2)nn1-c1c(Cl)cccc1Cl. The average Bonchev–Trinajstić information content (AvgIpc) is 3.07. The van der Waals surface area contributed by atoms with E-state index in [0.29, 0.717) is 60.1 Å². The highest BCUT2D eigenvalue weighted by Crippen LogP contribution is 2.28. The van der Waals surface area contributed by atoms with E-state index in [1.165, 1.54) is 4.68 Å². The highest BCUT2D eigenvalue weighted by Gasteiger charge is 2.28. The maximum Gasteiger partial charge on any atom is 0.293 e. The zero-order chi connectivity index (χ0) is 21.1. The van der Waals surface area contributed by atoms with Crippen molar-refractivity contribution in [1.82, 2.24) is 24.6 Å². The second kappa shape index (κ2) is 9.13. The summed E-state index contributed by atoms with van der Waals surface area (Å²) in [5, 5.41) is 5.20. The van der Waals surface area contributed by atoms with Crippen LogP contribution in [0.2, 0.25) is 10.0 Å². The van der Waals surface area contributed by atoms with E-state index in [0.717, 1.165) is 6.42 Å². The summed E-state index contributed by atoms with van der Waals surface area (Å²) in [5.74, 6) is 1.00. The smallest absolute Gasteiger partial charge is 0.293 e. The van der Waals surface area contributed by atoms with Gasteiger partial charge in [-0.1, -0.05) is 43.1 Å². The van der Waals surface area contributed by atoms with Crippen molar-refractivity contribution >= 4 is 35.0 Å². The van der Waals surface area contributed by atoms with Crippen molar-refractivity contribution < 1.29 is 9.59 Å². The molecule has 1 aliphatic rings. The van der Waals surface area contributed by atoms with Crippen LogP contribution in [-0.2, 0) is 4.79 Å². The molecule has 1 saturated heterocycles. The van der Waals surface area contributed by atoms with Crippen LogP contribution in [0.15, 0.2) is 18.2 Å². The number of rotatable bonds is 5. The van der Waals surface area contributed by atoms with Crippen LogP contribution in [-0.4, -0.2) is 62.6 Å². The number of hydrogen-bond acceptors (Lipinski definition) is 4. The molecular formula is C20H25Cl2N5O2. The van der Waals surface area contributed by atoms with E-state index in [9.17, 15) is 9.59 Å². The summed E-state index contributed by atoms with van der Waals surface area (Å²) in [5.41, 5.74) is 0.500. The van der Waals surface area contributed by atoms with Gasteiger partial charge in [-0.2, -0.15) is 0 Å². The summed E-state index contributed by atoms with van der Waals surface area (Å²) in [6, 6.07) is 5.16. The zero-order valence-corrected chi connectivity index (χ0v) is 18.4. The Kier molecular flexibility index (Phi) is 6.80. The Labute approximate surface area is 180 Å². The Morgan fingerprint density at radius 2 is 1.66 bits per heavy atom. The molecule has 0 aliphatic carbocycles. The van der Waals surface area contributed by atoms with Crippen LogP contribution in [0.4, 0.5) is 0 Å². The first-order chi connectivity index (χ1) is 13.8. The van der Waals surface area contributed by atoms with Crippen molar-refractivity contribution in [2.75, 3.05) is 26.2 Å². The number of carbonyl (C=O) groups is 2. The van der Waals surface area contributed by atoms with Crippen LogP contribution >= 0.6 is 23.2 Å². The van der Waals surface area contributed by atoms with Crippen molar-refractivity contribution in [1.29, 1.82) is 0 Å². The molecule has 0 radical (unpaired) electrons. The average molecular weight is 438 g/mol. The molecule has 1 fully saturated rings. The number of para-hydroxylation sites is 1. The van der Waals surface area contributed by atoms with Gasteiger partial charge in [0.15, 0.2) is 0 Å². The molecule has 29 heavy (non-hydrogen) atoms. The minimum Gasteiger partial charge on any atom is -0.339 e. The van der Waals surface area contributed by atoms with Gasteiger partial charge in [-0.25, -0.2) is 9.67 Å². The first kappa shape index (κ1) is 21.6. The molecule has 0 spiro atoms. The van der Waals surface area contributed by atoms with Crippen LogP contribution in [0.3, 0.4) is 0 Å². The largest absolute Gasteiger partial charge is 0.339 e. The summed E-state index contributed by atoms with van der Waals surface area (Å²) in [4.78, 5) is 33.0. The normalized spacial score (nSPS) is 14.6. The lowest BCUT2D eigenvalue weighted by atomic mass is 10.1. The number of amides is 2. The second-order valence-electron chi connectivity index (χ2n) is 7.57. The van der Waals surface area contributed by atoms with Gasteiger partial charge in [-0.05, 0) is 31.4 Å². The molecule has 0 bridgehead atoms. The molecule has 7 nitrogen and oxygen atoms in total. The van der Waals surface area contributed by atoms with E-state index < -0.39 is 0 Å². The molecular weight excluding hydrogens is 413 g/mol. The minimum absolute atomic E-state index is 0.0954. The van der Waals surface area contributed by atoms with E-state index >= 15 is 0 Å². The quantitative estimate of drug-likeness (QED) is 0.715. The van der Waals surface area contributed by atoms with Crippen molar-refractivity contribution in [3.8, 4) is 5.69 Å². The van der Waals surface area contributed by atoms with Crippen molar-refractivity contribution in [3.05, 3.63) is 39.9 Å². The topological polar surface area (TPSA) is 71.3 Å². The molecule has 0 N–H and O–H groups in total. The number of aromatic nitrogens is 3. The third kappa shape index (κ3) is 4.90. The molecule has 2 aromatic rings. The monoisotopic (exact) mass is 437 g/mol. The van der Waals surface area contributed by atoms with E-state index in [-0.39, 0.29) is 17.6 Å². The Morgan fingerprint density at radius 1 is 1.07 bits per heavy atom. The van der Waals surface area contributed by atoms with Crippen LogP contribution in [0.25, 0.3) is 5.69 Å². The lowest BCUT2D eigenvalue weighted by Gasteiger charge is -2.34. The maximum atomic E-state index is 12.9. The number of aryl methyl sites for hydroxylation is 1. The highest BCUT2D eigenvalue weighted by molar-refractivity contribution is 6.37. The molecule has 0 atom stereocenters. The summed E-state index contributed by atoms with van der Waals surface area (Å²) >= 11 is 12.5. The lowest BCUT2D eigenvalue weighted by Crippen LogP contribution is -2.50. The Morgan fingerprint density at radius 3 is 2.24 bits per heavy atom. The van der Waals surface area contributed by atoms with E-state index in [4.69, 9.17) is 23.2 Å². The van der Waals surface area contributed by atoms with Gasteiger partial charge in [0.1, 0.15) is 11.5 Å². The van der Waals surface area contributed by atoms with Gasteiger partial charge in [0.25, 0.3) is 5.91 Å². The van der Waals surface area contributed by atoms with Gasteiger partial charge in [-0.15, -0.1) is 5.10 Å². The number of nitrogens with zero attached hydrogens (tertiary/aromatic N) is 5. The third-order valence-corrected chi connectivity index (χ3v) is 5.57. The van der Waals surface area contributed by atoms with E-state index in [1.54, 1.807) is 30.0 Å². The van der Waals surface area contributed by atoms with Gasteiger partial charge in [0.2, 0.25) is 11.7 Å². The summed E-state index contributed by atoms with van der Waals surface area (Å²) in [6.07, 6.45) is 1.43. The Balaban J connectivity index is 1.68. The lowest BCUT2D eigenvalue weighted by molar-refractivity contribution is -0.132. The van der Waals surface area contributed by atoms with Crippen molar-refractivity contribution in [3.63, 3.8) is 0 Å². The molecule has 9 heteroatoms. The van der Waals surface area contributed by atoms with Crippen LogP contribution in [0.5, 0.6) is 0 Å². The number of carbonyl (C=O) groups excluding carboxylic acids is 2. The van der Waals surface area contributed by atoms with Gasteiger partial charge in [0, 0.05) is 32.6 Å². The Bertz CT molecular complexity index is 884. The molecule has 2 heterocycles. The molecule has 1 aromatic heterocycles. The first-order valence-corrected chi connectivity index (χ1v) is 10.5. The van der Waals surface area contributed by atoms with E-state index in [1.807, 2.05) is 4.90 Å². The summed E-state index contributed by atoms with van der Waals surface area (Å²) < 4.78 is 1.49. The molecule has 1 aromatic carbocycles. The first-order valence-electron chi connectivity index (χ1n) is 9.73. The summed E-state index contributed by atoms with van der Waals surface area (Å²) in [7, 11) is 0. The highest BCUT2D eigenvalue weighted by atomic mass is 35.5. The van der Waals surface area contributed by atoms with Crippen LogP contribution < -0.4 is 0 Å². The minimum atomic E-state index is -0.260. The number of piperazine rings is 1. The molecule has 156 valence electrons. The van der Waals surface area contributed by atoms with Gasteiger partial charge < -0.3 is 9.80 Å². The number of halogens is 2. The van der Waals surface area contributed by atoms with Crippen molar-refractivity contribution in [2.45, 2.75) is 33.6 Å². The molecule has 0 unspecified atom stereocenters. The fourth-order valence-corrected chi connectivity index (χ4v) is 3.81. The fourth-order valence-electron chi connectivity index (χ4n) is 3.25. The number of hydrogen-bond donors (Lipinski definition) is 0. The fraction of sp³-hybridized carbons (Fsp3) is 0.500. The maximum absolute atomic E-state index is 12.9. The molecule has 0 saturated carbocycles. The van der Waals surface area contributed by atoms with Crippen molar-refractivity contribution in [2.24, 2.45) is 5.92 Å². The van der Waals surface area contributed by atoms with Gasteiger partial charge >= 0.3 is 0 Å². The number of benzene rings is 1. The van der Waals surface area contributed by atoms with Gasteiger partial charge in [0.05, 0.1) is 10.0 Å². The van der Waals surface area contributed by atoms with Gasteiger partial charge in [-0.3, -0.25) is 9.59 Å². The second-order valence-corrected chi connectivity index (χ2v) is 8.38. The van der Waals surface area contributed by atoms with E-state index in [2.05, 4.69) is 23.9 Å². The summed E-state index contributed by atoms with van der Waals surface area (Å²) in [6.45, 7) is 7.94. The predicted molar refractivity (Wildman–Crippen MR) is 113 cm³/mol. The molecule has 2 amide bonds. The van der Waals surface area contributed by atoms with Crippen LogP contribution in [0, 0.1) is 12.8 Å². The standard InChI is InChI=1S/C20H25Cl2N5O2/c1-13(2)7-8-17(28)25-9-11-26(12-10-25)20(29)19-23-14(3)27(24-19)18-15(21)5-4-6-16(18)22/h4-6,13H,7-12H2,1-3H3. The molecule has 1 aliphatic heterocycles. The third-order valence-electron chi connectivity index (χ3n) is 4.96. The molecule has 3 rings (SSSR count). The predicted octanol–water partition coefficient (Wildman–Crippen LogP) is 3.60. The van der Waals surface area contributed by atoms with Crippen LogP contribution in [0.1, 0.15) is 43.1 Å².